The van der Waals surface area contributed by atoms with Crippen molar-refractivity contribution in [1.29, 1.82) is 0 Å². The van der Waals surface area contributed by atoms with Crippen LogP contribution >= 0.6 is 0 Å². The molecule has 1 aliphatic rings. The molecule has 2 rings (SSSR count). The zero-order valence-electron chi connectivity index (χ0n) is 14.8. The SMILES string of the molecule is CC(O)(C(F)F)[C@H](NC(=O)c1ccc(C#CC2CCCC2)cc1)C(=O)NO. The average molecular weight is 380 g/mol. The summed E-state index contributed by atoms with van der Waals surface area (Å²) in [7, 11) is 0. The van der Waals surface area contributed by atoms with Gasteiger partial charge >= 0.3 is 0 Å². The first-order valence-electron chi connectivity index (χ1n) is 8.62. The summed E-state index contributed by atoms with van der Waals surface area (Å²) in [6, 6.07) is 4.07. The highest BCUT2D eigenvalue weighted by atomic mass is 19.3. The van der Waals surface area contributed by atoms with Gasteiger partial charge in [-0.3, -0.25) is 14.8 Å². The van der Waals surface area contributed by atoms with Crippen LogP contribution in [0.3, 0.4) is 0 Å². The topological polar surface area (TPSA) is 98.7 Å². The van der Waals surface area contributed by atoms with Gasteiger partial charge in [0.1, 0.15) is 6.04 Å². The summed E-state index contributed by atoms with van der Waals surface area (Å²) in [5.74, 6) is 4.42. The van der Waals surface area contributed by atoms with Crippen LogP contribution in [0.25, 0.3) is 0 Å². The molecule has 0 radical (unpaired) electrons. The van der Waals surface area contributed by atoms with Crippen LogP contribution in [0.2, 0.25) is 0 Å². The fourth-order valence-electron chi connectivity index (χ4n) is 2.84. The maximum atomic E-state index is 13.0. The van der Waals surface area contributed by atoms with Gasteiger partial charge in [0, 0.05) is 17.0 Å². The molecule has 1 aromatic carbocycles. The number of alkyl halides is 2. The molecular formula is C19H22F2N2O4. The lowest BCUT2D eigenvalue weighted by Gasteiger charge is -2.30. The Morgan fingerprint density at radius 2 is 1.81 bits per heavy atom. The second kappa shape index (κ2) is 8.93. The van der Waals surface area contributed by atoms with E-state index >= 15 is 0 Å². The number of nitrogens with one attached hydrogen (secondary N) is 2. The van der Waals surface area contributed by atoms with Crippen molar-refractivity contribution < 1.29 is 28.7 Å². The van der Waals surface area contributed by atoms with E-state index in [2.05, 4.69) is 11.8 Å². The maximum absolute atomic E-state index is 13.0. The summed E-state index contributed by atoms with van der Waals surface area (Å²) >= 11 is 0. The minimum Gasteiger partial charge on any atom is -0.381 e. The summed E-state index contributed by atoms with van der Waals surface area (Å²) in [6.07, 6.45) is 1.22. The van der Waals surface area contributed by atoms with Crippen LogP contribution in [-0.4, -0.2) is 40.2 Å². The molecule has 146 valence electrons. The van der Waals surface area contributed by atoms with E-state index in [0.717, 1.165) is 12.8 Å². The minimum atomic E-state index is -3.33. The summed E-state index contributed by atoms with van der Waals surface area (Å²) < 4.78 is 26.0. The number of halogens is 2. The number of aliphatic hydroxyl groups is 1. The molecule has 0 aliphatic heterocycles. The normalized spacial score (nSPS) is 17.6. The predicted octanol–water partition coefficient (Wildman–Crippen LogP) is 1.85. The number of hydrogen-bond acceptors (Lipinski definition) is 4. The summed E-state index contributed by atoms with van der Waals surface area (Å²) in [5, 5.41) is 20.5. The Morgan fingerprint density at radius 3 is 2.33 bits per heavy atom. The van der Waals surface area contributed by atoms with Crippen LogP contribution in [0, 0.1) is 17.8 Å². The molecule has 0 aromatic heterocycles. The molecule has 1 unspecified atom stereocenters. The second-order valence-electron chi connectivity index (χ2n) is 6.74. The lowest BCUT2D eigenvalue weighted by atomic mass is 9.95. The van der Waals surface area contributed by atoms with Crippen molar-refractivity contribution in [3.05, 3.63) is 35.4 Å². The van der Waals surface area contributed by atoms with Gasteiger partial charge in [-0.2, -0.15) is 0 Å². The Balaban J connectivity index is 2.10. The molecule has 27 heavy (non-hydrogen) atoms. The van der Waals surface area contributed by atoms with Gasteiger partial charge in [0.2, 0.25) is 0 Å². The predicted molar refractivity (Wildman–Crippen MR) is 93.1 cm³/mol. The fourth-order valence-corrected chi connectivity index (χ4v) is 2.84. The van der Waals surface area contributed by atoms with Gasteiger partial charge in [-0.05, 0) is 44.0 Å². The van der Waals surface area contributed by atoms with Crippen LogP contribution in [0.1, 0.15) is 48.5 Å². The average Bonchev–Trinajstić information content (AvgIpc) is 3.17. The van der Waals surface area contributed by atoms with Gasteiger partial charge in [-0.25, -0.2) is 14.3 Å². The number of rotatable bonds is 5. The number of amides is 2. The number of benzene rings is 1. The Labute approximate surface area is 155 Å². The van der Waals surface area contributed by atoms with Crippen molar-refractivity contribution in [3.8, 4) is 11.8 Å². The molecule has 0 spiro atoms. The molecular weight excluding hydrogens is 358 g/mol. The van der Waals surface area contributed by atoms with E-state index in [0.29, 0.717) is 18.4 Å². The standard InChI is InChI=1S/C19H22F2N2O4/c1-19(26,18(20)21)15(17(25)23-27)22-16(24)14-10-8-13(9-11-14)7-6-12-4-2-3-5-12/h8-12,15,18,26-27H,2-5H2,1H3,(H,22,24)(H,23,25)/t15-,19?/m1/s1. The summed E-state index contributed by atoms with van der Waals surface area (Å²) in [5.41, 5.74) is -0.886. The van der Waals surface area contributed by atoms with E-state index < -0.39 is 29.9 Å². The highest BCUT2D eigenvalue weighted by Gasteiger charge is 2.46. The van der Waals surface area contributed by atoms with Crippen molar-refractivity contribution in [1.82, 2.24) is 10.8 Å². The fraction of sp³-hybridized carbons (Fsp3) is 0.474. The molecule has 6 nitrogen and oxygen atoms in total. The van der Waals surface area contributed by atoms with Crippen molar-refractivity contribution >= 4 is 11.8 Å². The second-order valence-corrected chi connectivity index (χ2v) is 6.74. The number of hydrogen-bond donors (Lipinski definition) is 4. The third-order valence-corrected chi connectivity index (χ3v) is 4.60. The highest BCUT2D eigenvalue weighted by molar-refractivity contribution is 5.97. The first kappa shape index (κ1) is 20.8. The lowest BCUT2D eigenvalue weighted by Crippen LogP contribution is -2.61. The largest absolute Gasteiger partial charge is 0.381 e. The summed E-state index contributed by atoms with van der Waals surface area (Å²) in [4.78, 5) is 23.9. The maximum Gasteiger partial charge on any atom is 0.269 e. The molecule has 1 saturated carbocycles. The molecule has 1 fully saturated rings. The first-order chi connectivity index (χ1) is 12.8. The van der Waals surface area contributed by atoms with Gasteiger partial charge < -0.3 is 10.4 Å². The molecule has 1 aromatic rings. The molecule has 0 saturated heterocycles. The van der Waals surface area contributed by atoms with Crippen molar-refractivity contribution in [2.45, 2.75) is 50.7 Å². The van der Waals surface area contributed by atoms with E-state index in [1.807, 2.05) is 5.32 Å². The van der Waals surface area contributed by atoms with Crippen molar-refractivity contribution in [2.75, 3.05) is 0 Å². The molecule has 2 atom stereocenters. The minimum absolute atomic E-state index is 0.0993. The van der Waals surface area contributed by atoms with E-state index in [-0.39, 0.29) is 5.56 Å². The quantitative estimate of drug-likeness (QED) is 0.356. The molecule has 8 heteroatoms. The third kappa shape index (κ3) is 5.25. The zero-order chi connectivity index (χ0) is 20.0. The summed E-state index contributed by atoms with van der Waals surface area (Å²) in [6.45, 7) is 0.694. The Morgan fingerprint density at radius 1 is 1.22 bits per heavy atom. The molecule has 0 heterocycles. The van der Waals surface area contributed by atoms with E-state index in [1.54, 1.807) is 12.1 Å². The first-order valence-corrected chi connectivity index (χ1v) is 8.62. The lowest BCUT2D eigenvalue weighted by molar-refractivity contribution is -0.149. The number of hydroxylamine groups is 1. The zero-order valence-corrected chi connectivity index (χ0v) is 14.8. The van der Waals surface area contributed by atoms with Gasteiger partial charge in [0.15, 0.2) is 5.60 Å². The Bertz CT molecular complexity index is 732. The monoisotopic (exact) mass is 380 g/mol. The van der Waals surface area contributed by atoms with Crippen LogP contribution in [0.4, 0.5) is 8.78 Å². The van der Waals surface area contributed by atoms with Crippen molar-refractivity contribution in [3.63, 3.8) is 0 Å². The molecule has 1 aliphatic carbocycles. The molecule has 0 bridgehead atoms. The van der Waals surface area contributed by atoms with Crippen molar-refractivity contribution in [2.24, 2.45) is 5.92 Å². The number of carbonyl (C=O) groups is 2. The highest BCUT2D eigenvalue weighted by Crippen LogP contribution is 2.24. The van der Waals surface area contributed by atoms with Gasteiger partial charge in [-0.1, -0.05) is 24.7 Å². The molecule has 2 amide bonds. The molecule has 4 N–H and O–H groups in total. The van der Waals surface area contributed by atoms with Gasteiger partial charge in [0.05, 0.1) is 0 Å². The smallest absolute Gasteiger partial charge is 0.269 e. The third-order valence-electron chi connectivity index (χ3n) is 4.60. The Kier molecular flexibility index (Phi) is 6.88. The van der Waals surface area contributed by atoms with Gasteiger partial charge in [-0.15, -0.1) is 0 Å². The Hall–Kier alpha value is -2.50. The van der Waals surface area contributed by atoms with Crippen LogP contribution in [0.5, 0.6) is 0 Å². The van der Waals surface area contributed by atoms with E-state index in [4.69, 9.17) is 5.21 Å². The van der Waals surface area contributed by atoms with Gasteiger partial charge in [0.25, 0.3) is 18.2 Å². The van der Waals surface area contributed by atoms with Crippen LogP contribution in [-0.2, 0) is 4.79 Å². The number of carbonyl (C=O) groups excluding carboxylic acids is 2. The van der Waals surface area contributed by atoms with Crippen LogP contribution in [0.15, 0.2) is 24.3 Å². The van der Waals surface area contributed by atoms with Crippen LogP contribution < -0.4 is 10.8 Å². The van der Waals surface area contributed by atoms with E-state index in [1.165, 1.54) is 30.5 Å². The van der Waals surface area contributed by atoms with E-state index in [9.17, 15) is 23.5 Å².